The van der Waals surface area contributed by atoms with Crippen molar-refractivity contribution in [3.05, 3.63) is 34.9 Å². The number of hydrogen-bond donors (Lipinski definition) is 1. The summed E-state index contributed by atoms with van der Waals surface area (Å²) in [5.41, 5.74) is 9.93. The lowest BCUT2D eigenvalue weighted by Crippen LogP contribution is -2.34. The standard InChI is InChI=1S/C13H19NO/c1-9-5-6-10(2)11(8-9)13-12(14)4-3-7-15-13/h5-6,8,12-13H,3-4,7,14H2,1-2H3. The molecular weight excluding hydrogens is 186 g/mol. The van der Waals surface area contributed by atoms with Crippen LogP contribution in [-0.2, 0) is 4.74 Å². The highest BCUT2D eigenvalue weighted by atomic mass is 16.5. The van der Waals surface area contributed by atoms with Crippen molar-refractivity contribution in [2.75, 3.05) is 6.61 Å². The highest BCUT2D eigenvalue weighted by Gasteiger charge is 2.25. The van der Waals surface area contributed by atoms with Crippen LogP contribution in [0, 0.1) is 13.8 Å². The Balaban J connectivity index is 2.30. The second-order valence-corrected chi connectivity index (χ2v) is 4.46. The van der Waals surface area contributed by atoms with Gasteiger partial charge in [0.25, 0.3) is 0 Å². The summed E-state index contributed by atoms with van der Waals surface area (Å²) in [6, 6.07) is 6.63. The van der Waals surface area contributed by atoms with E-state index < -0.39 is 0 Å². The summed E-state index contributed by atoms with van der Waals surface area (Å²) < 4.78 is 5.79. The van der Waals surface area contributed by atoms with Crippen LogP contribution in [0.5, 0.6) is 0 Å². The van der Waals surface area contributed by atoms with Gasteiger partial charge < -0.3 is 10.5 Å². The van der Waals surface area contributed by atoms with Crippen molar-refractivity contribution in [3.63, 3.8) is 0 Å². The lowest BCUT2D eigenvalue weighted by Gasteiger charge is -2.30. The number of nitrogens with two attached hydrogens (primary N) is 1. The van der Waals surface area contributed by atoms with Crippen LogP contribution in [0.3, 0.4) is 0 Å². The average Bonchev–Trinajstić information content (AvgIpc) is 2.23. The molecule has 1 aromatic rings. The van der Waals surface area contributed by atoms with Gasteiger partial charge in [-0.05, 0) is 37.8 Å². The first-order valence-corrected chi connectivity index (χ1v) is 5.63. The van der Waals surface area contributed by atoms with Crippen molar-refractivity contribution in [1.82, 2.24) is 0 Å². The average molecular weight is 205 g/mol. The van der Waals surface area contributed by atoms with Gasteiger partial charge in [0.2, 0.25) is 0 Å². The molecule has 0 aromatic heterocycles. The van der Waals surface area contributed by atoms with Gasteiger partial charge in [-0.25, -0.2) is 0 Å². The summed E-state index contributed by atoms with van der Waals surface area (Å²) in [4.78, 5) is 0. The molecule has 2 unspecified atom stereocenters. The van der Waals surface area contributed by atoms with Crippen LogP contribution in [0.2, 0.25) is 0 Å². The van der Waals surface area contributed by atoms with Crippen molar-refractivity contribution in [3.8, 4) is 0 Å². The molecule has 2 nitrogen and oxygen atoms in total. The van der Waals surface area contributed by atoms with Gasteiger partial charge in [-0.3, -0.25) is 0 Å². The summed E-state index contributed by atoms with van der Waals surface area (Å²) in [6.45, 7) is 5.07. The number of hydrogen-bond acceptors (Lipinski definition) is 2. The molecule has 2 heteroatoms. The summed E-state index contributed by atoms with van der Waals surface area (Å²) in [5, 5.41) is 0. The minimum Gasteiger partial charge on any atom is -0.372 e. The Kier molecular flexibility index (Phi) is 3.08. The van der Waals surface area contributed by atoms with Gasteiger partial charge in [0.1, 0.15) is 0 Å². The van der Waals surface area contributed by atoms with E-state index in [4.69, 9.17) is 10.5 Å². The van der Waals surface area contributed by atoms with E-state index in [0.717, 1.165) is 19.4 Å². The third-order valence-electron chi connectivity index (χ3n) is 3.11. The fraction of sp³-hybridized carbons (Fsp3) is 0.538. The molecule has 0 spiro atoms. The first kappa shape index (κ1) is 10.7. The Hall–Kier alpha value is -0.860. The van der Waals surface area contributed by atoms with Crippen molar-refractivity contribution < 1.29 is 4.74 Å². The molecule has 82 valence electrons. The molecule has 2 rings (SSSR count). The largest absolute Gasteiger partial charge is 0.372 e. The number of rotatable bonds is 1. The molecule has 1 heterocycles. The molecule has 0 radical (unpaired) electrons. The zero-order valence-electron chi connectivity index (χ0n) is 9.49. The highest BCUT2D eigenvalue weighted by molar-refractivity contribution is 5.33. The van der Waals surface area contributed by atoms with Crippen LogP contribution in [0.1, 0.15) is 35.6 Å². The first-order valence-electron chi connectivity index (χ1n) is 5.63. The van der Waals surface area contributed by atoms with E-state index in [1.165, 1.54) is 16.7 Å². The molecule has 1 fully saturated rings. The Morgan fingerprint density at radius 1 is 1.33 bits per heavy atom. The SMILES string of the molecule is Cc1ccc(C)c(C2OCCCC2N)c1. The molecule has 15 heavy (non-hydrogen) atoms. The van der Waals surface area contributed by atoms with Gasteiger partial charge in [0, 0.05) is 12.6 Å². The third-order valence-corrected chi connectivity index (χ3v) is 3.11. The smallest absolute Gasteiger partial charge is 0.0978 e. The zero-order valence-corrected chi connectivity index (χ0v) is 9.49. The zero-order chi connectivity index (χ0) is 10.8. The van der Waals surface area contributed by atoms with Gasteiger partial charge in [-0.15, -0.1) is 0 Å². The van der Waals surface area contributed by atoms with Crippen LogP contribution < -0.4 is 5.73 Å². The second kappa shape index (κ2) is 4.33. The Bertz CT molecular complexity index is 348. The molecule has 1 aliphatic heterocycles. The van der Waals surface area contributed by atoms with Gasteiger partial charge in [-0.1, -0.05) is 23.8 Å². The molecule has 0 amide bonds. The van der Waals surface area contributed by atoms with E-state index in [-0.39, 0.29) is 12.1 Å². The van der Waals surface area contributed by atoms with Crippen LogP contribution in [0.15, 0.2) is 18.2 Å². The highest BCUT2D eigenvalue weighted by Crippen LogP contribution is 2.29. The Morgan fingerprint density at radius 3 is 2.87 bits per heavy atom. The molecule has 2 atom stereocenters. The lowest BCUT2D eigenvalue weighted by atomic mass is 9.92. The maximum Gasteiger partial charge on any atom is 0.0978 e. The second-order valence-electron chi connectivity index (χ2n) is 4.46. The quantitative estimate of drug-likeness (QED) is 0.764. The minimum absolute atomic E-state index is 0.0960. The molecule has 1 saturated heterocycles. The summed E-state index contributed by atoms with van der Waals surface area (Å²) in [7, 11) is 0. The normalized spacial score (nSPS) is 26.6. The fourth-order valence-electron chi connectivity index (χ4n) is 2.19. The van der Waals surface area contributed by atoms with Crippen LogP contribution in [0.25, 0.3) is 0 Å². The maximum atomic E-state index is 6.10. The van der Waals surface area contributed by atoms with Crippen LogP contribution >= 0.6 is 0 Å². The van der Waals surface area contributed by atoms with Gasteiger partial charge in [-0.2, -0.15) is 0 Å². The molecule has 1 aromatic carbocycles. The van der Waals surface area contributed by atoms with Gasteiger partial charge in [0.05, 0.1) is 6.10 Å². The molecule has 2 N–H and O–H groups in total. The minimum atomic E-state index is 0.0960. The van der Waals surface area contributed by atoms with Crippen molar-refractivity contribution in [1.29, 1.82) is 0 Å². The summed E-state index contributed by atoms with van der Waals surface area (Å²) >= 11 is 0. The number of aryl methyl sites for hydroxylation is 2. The molecular formula is C13H19NO. The van der Waals surface area contributed by atoms with E-state index in [1.54, 1.807) is 0 Å². The predicted octanol–water partition coefficient (Wildman–Crippen LogP) is 2.48. The predicted molar refractivity (Wildman–Crippen MR) is 61.8 cm³/mol. The van der Waals surface area contributed by atoms with Crippen molar-refractivity contribution in [2.45, 2.75) is 38.8 Å². The van der Waals surface area contributed by atoms with E-state index >= 15 is 0 Å². The number of benzene rings is 1. The molecule has 0 aliphatic carbocycles. The van der Waals surface area contributed by atoms with E-state index in [9.17, 15) is 0 Å². The summed E-state index contributed by atoms with van der Waals surface area (Å²) in [5.74, 6) is 0. The van der Waals surface area contributed by atoms with Crippen molar-refractivity contribution in [2.24, 2.45) is 5.73 Å². The Labute approximate surface area is 91.4 Å². The third kappa shape index (κ3) is 2.21. The fourth-order valence-corrected chi connectivity index (χ4v) is 2.19. The van der Waals surface area contributed by atoms with Crippen molar-refractivity contribution >= 4 is 0 Å². The molecule has 0 saturated carbocycles. The first-order chi connectivity index (χ1) is 7.18. The van der Waals surface area contributed by atoms with Crippen LogP contribution in [-0.4, -0.2) is 12.6 Å². The number of ether oxygens (including phenoxy) is 1. The molecule has 0 bridgehead atoms. The summed E-state index contributed by atoms with van der Waals surface area (Å²) in [6.07, 6.45) is 2.25. The van der Waals surface area contributed by atoms with Gasteiger partial charge in [0.15, 0.2) is 0 Å². The lowest BCUT2D eigenvalue weighted by molar-refractivity contribution is -0.000242. The van der Waals surface area contributed by atoms with Gasteiger partial charge >= 0.3 is 0 Å². The monoisotopic (exact) mass is 205 g/mol. The Morgan fingerprint density at radius 2 is 2.13 bits per heavy atom. The molecule has 1 aliphatic rings. The van der Waals surface area contributed by atoms with E-state index in [1.807, 2.05) is 0 Å². The van der Waals surface area contributed by atoms with E-state index in [0.29, 0.717) is 0 Å². The van der Waals surface area contributed by atoms with Crippen LogP contribution in [0.4, 0.5) is 0 Å². The topological polar surface area (TPSA) is 35.2 Å². The van der Waals surface area contributed by atoms with E-state index in [2.05, 4.69) is 32.0 Å². The maximum absolute atomic E-state index is 6.10.